The Morgan fingerprint density at radius 2 is 1.81 bits per heavy atom. The second-order valence-corrected chi connectivity index (χ2v) is 9.45. The van der Waals surface area contributed by atoms with Crippen molar-refractivity contribution in [3.63, 3.8) is 0 Å². The molecule has 0 aliphatic carbocycles. The maximum Gasteiger partial charge on any atom is 0.265 e. The molecule has 0 aliphatic rings. The van der Waals surface area contributed by atoms with Gasteiger partial charge in [0, 0.05) is 29.0 Å². The summed E-state index contributed by atoms with van der Waals surface area (Å²) in [5, 5.41) is 13.6. The van der Waals surface area contributed by atoms with E-state index in [4.69, 9.17) is 0 Å². The van der Waals surface area contributed by atoms with Crippen molar-refractivity contribution in [2.24, 2.45) is 7.05 Å². The van der Waals surface area contributed by atoms with Crippen molar-refractivity contribution in [2.45, 2.75) is 25.7 Å². The third-order valence-corrected chi connectivity index (χ3v) is 7.19. The third kappa shape index (κ3) is 3.17. The van der Waals surface area contributed by atoms with Crippen LogP contribution in [0.25, 0.3) is 33.2 Å². The zero-order valence-electron chi connectivity index (χ0n) is 17.6. The van der Waals surface area contributed by atoms with Crippen LogP contribution in [0.2, 0.25) is 0 Å². The van der Waals surface area contributed by atoms with Gasteiger partial charge in [-0.1, -0.05) is 12.1 Å². The maximum atomic E-state index is 13.0. The van der Waals surface area contributed by atoms with Gasteiger partial charge in [-0.3, -0.25) is 14.5 Å². The van der Waals surface area contributed by atoms with Gasteiger partial charge in [-0.2, -0.15) is 10.2 Å². The first kappa shape index (κ1) is 19.4. The average molecular weight is 435 g/mol. The highest BCUT2D eigenvalue weighted by atomic mass is 32.2. The smallest absolute Gasteiger partial charge is 0.265 e. The van der Waals surface area contributed by atoms with Crippen LogP contribution in [-0.4, -0.2) is 33.4 Å². The standard InChI is InChI=1S/C22H22N6O2S/c1-12-5-6-15-10-20(23-19(15)9-12)21-17-11-16(7-8-18(17)24-25-21)27-31(29,30)22-13(2)26-28(4)14(22)3/h5-11,23,27H,1-4H3,(H,24,25). The van der Waals surface area contributed by atoms with E-state index in [1.54, 1.807) is 37.7 Å². The molecule has 3 aromatic heterocycles. The molecule has 0 aliphatic heterocycles. The van der Waals surface area contributed by atoms with Gasteiger partial charge in [0.1, 0.15) is 10.6 Å². The summed E-state index contributed by atoms with van der Waals surface area (Å²) < 4.78 is 30.3. The summed E-state index contributed by atoms with van der Waals surface area (Å²) in [5.41, 5.74) is 6.14. The van der Waals surface area contributed by atoms with Crippen molar-refractivity contribution >= 4 is 37.5 Å². The van der Waals surface area contributed by atoms with E-state index in [0.717, 1.165) is 33.2 Å². The minimum absolute atomic E-state index is 0.202. The van der Waals surface area contributed by atoms with Crippen LogP contribution in [0.4, 0.5) is 5.69 Å². The number of hydrogen-bond donors (Lipinski definition) is 3. The van der Waals surface area contributed by atoms with Crippen LogP contribution in [0, 0.1) is 20.8 Å². The summed E-state index contributed by atoms with van der Waals surface area (Å²) in [6.45, 7) is 5.48. The molecule has 0 amide bonds. The number of nitrogens with one attached hydrogen (secondary N) is 3. The van der Waals surface area contributed by atoms with E-state index in [2.05, 4.69) is 43.2 Å². The monoisotopic (exact) mass is 434 g/mol. The molecule has 9 heteroatoms. The van der Waals surface area contributed by atoms with Crippen molar-refractivity contribution < 1.29 is 8.42 Å². The lowest BCUT2D eigenvalue weighted by atomic mass is 10.1. The lowest BCUT2D eigenvalue weighted by molar-refractivity contribution is 0.599. The molecule has 158 valence electrons. The number of aryl methyl sites for hydroxylation is 3. The Hall–Kier alpha value is -3.59. The highest BCUT2D eigenvalue weighted by Crippen LogP contribution is 2.31. The summed E-state index contributed by atoms with van der Waals surface area (Å²) in [5.74, 6) is 0. The number of aromatic nitrogens is 5. The summed E-state index contributed by atoms with van der Waals surface area (Å²) in [6.07, 6.45) is 0. The number of rotatable bonds is 4. The van der Waals surface area contributed by atoms with Crippen LogP contribution in [0.3, 0.4) is 0 Å². The van der Waals surface area contributed by atoms with Crippen LogP contribution in [0.1, 0.15) is 17.0 Å². The zero-order valence-corrected chi connectivity index (χ0v) is 18.4. The number of anilines is 1. The maximum absolute atomic E-state index is 13.0. The molecule has 5 rings (SSSR count). The normalized spacial score (nSPS) is 12.1. The first-order chi connectivity index (χ1) is 14.7. The van der Waals surface area contributed by atoms with E-state index < -0.39 is 10.0 Å². The van der Waals surface area contributed by atoms with Crippen molar-refractivity contribution in [1.29, 1.82) is 0 Å². The summed E-state index contributed by atoms with van der Waals surface area (Å²) in [4.78, 5) is 3.61. The number of benzene rings is 2. The summed E-state index contributed by atoms with van der Waals surface area (Å²) in [6, 6.07) is 13.6. The van der Waals surface area contributed by atoms with Crippen molar-refractivity contribution in [2.75, 3.05) is 4.72 Å². The molecule has 0 atom stereocenters. The lowest BCUT2D eigenvalue weighted by Gasteiger charge is -2.09. The van der Waals surface area contributed by atoms with Crippen LogP contribution in [0.5, 0.6) is 0 Å². The molecule has 3 heterocycles. The number of aromatic amines is 2. The van der Waals surface area contributed by atoms with Crippen LogP contribution in [0.15, 0.2) is 47.4 Å². The van der Waals surface area contributed by atoms with Gasteiger partial charge in [-0.25, -0.2) is 8.42 Å². The van der Waals surface area contributed by atoms with Crippen molar-refractivity contribution in [3.05, 3.63) is 59.4 Å². The molecule has 0 fully saturated rings. The molecule has 5 aromatic rings. The van der Waals surface area contributed by atoms with Crippen LogP contribution in [-0.2, 0) is 17.1 Å². The van der Waals surface area contributed by atoms with E-state index >= 15 is 0 Å². The Kier molecular flexibility index (Phi) is 4.19. The first-order valence-corrected chi connectivity index (χ1v) is 11.3. The Labute approximate surface area is 179 Å². The van der Waals surface area contributed by atoms with Gasteiger partial charge in [0.2, 0.25) is 0 Å². The Morgan fingerprint density at radius 3 is 2.55 bits per heavy atom. The first-order valence-electron chi connectivity index (χ1n) is 9.84. The highest BCUT2D eigenvalue weighted by molar-refractivity contribution is 7.92. The molecule has 0 bridgehead atoms. The minimum atomic E-state index is -3.78. The minimum Gasteiger partial charge on any atom is -0.353 e. The Bertz CT molecular complexity index is 1570. The van der Waals surface area contributed by atoms with Crippen LogP contribution < -0.4 is 4.72 Å². The number of nitrogens with zero attached hydrogens (tertiary/aromatic N) is 3. The predicted molar refractivity (Wildman–Crippen MR) is 122 cm³/mol. The molecule has 2 aromatic carbocycles. The molecule has 0 spiro atoms. The van der Waals surface area contributed by atoms with Gasteiger partial charge < -0.3 is 4.98 Å². The molecule has 0 saturated carbocycles. The second kappa shape index (κ2) is 6.71. The summed E-state index contributed by atoms with van der Waals surface area (Å²) >= 11 is 0. The SMILES string of the molecule is Cc1ccc2cc(-c3n[nH]c4ccc(NS(=O)(=O)c5c(C)nn(C)c5C)cc34)[nH]c2c1. The van der Waals surface area contributed by atoms with E-state index in [9.17, 15) is 8.42 Å². The molecular formula is C22H22N6O2S. The van der Waals surface area contributed by atoms with Gasteiger partial charge in [-0.15, -0.1) is 0 Å². The van der Waals surface area contributed by atoms with Crippen molar-refractivity contribution in [1.82, 2.24) is 25.0 Å². The molecule has 31 heavy (non-hydrogen) atoms. The number of sulfonamides is 1. The fourth-order valence-corrected chi connectivity index (χ4v) is 5.49. The molecule has 3 N–H and O–H groups in total. The second-order valence-electron chi connectivity index (χ2n) is 7.84. The van der Waals surface area contributed by atoms with Gasteiger partial charge in [0.15, 0.2) is 0 Å². The van der Waals surface area contributed by atoms with Gasteiger partial charge in [0.05, 0.1) is 22.6 Å². The van der Waals surface area contributed by atoms with E-state index in [-0.39, 0.29) is 4.90 Å². The average Bonchev–Trinajstić information content (AvgIpc) is 3.36. The van der Waals surface area contributed by atoms with Crippen LogP contribution >= 0.6 is 0 Å². The molecule has 0 saturated heterocycles. The lowest BCUT2D eigenvalue weighted by Crippen LogP contribution is -2.14. The highest BCUT2D eigenvalue weighted by Gasteiger charge is 2.24. The van der Waals surface area contributed by atoms with Gasteiger partial charge in [0.25, 0.3) is 10.0 Å². The fraction of sp³-hybridized carbons (Fsp3) is 0.182. The number of hydrogen-bond acceptors (Lipinski definition) is 4. The fourth-order valence-electron chi connectivity index (χ4n) is 4.00. The van der Waals surface area contributed by atoms with Gasteiger partial charge in [-0.05, 0) is 56.7 Å². The molecular weight excluding hydrogens is 412 g/mol. The number of H-pyrrole nitrogens is 2. The van der Waals surface area contributed by atoms with E-state index in [0.29, 0.717) is 17.1 Å². The van der Waals surface area contributed by atoms with Crippen molar-refractivity contribution in [3.8, 4) is 11.4 Å². The quantitative estimate of drug-likeness (QED) is 0.394. The van der Waals surface area contributed by atoms with E-state index in [1.165, 1.54) is 5.56 Å². The topological polar surface area (TPSA) is 108 Å². The zero-order chi connectivity index (χ0) is 21.9. The summed E-state index contributed by atoms with van der Waals surface area (Å²) in [7, 11) is -2.05. The van der Waals surface area contributed by atoms with Gasteiger partial charge >= 0.3 is 0 Å². The number of fused-ring (bicyclic) bond motifs is 2. The third-order valence-electron chi connectivity index (χ3n) is 5.56. The van der Waals surface area contributed by atoms with E-state index in [1.807, 2.05) is 19.1 Å². The molecule has 0 radical (unpaired) electrons. The Balaban J connectivity index is 1.57. The predicted octanol–water partition coefficient (Wildman–Crippen LogP) is 4.17. The largest absolute Gasteiger partial charge is 0.353 e. The molecule has 0 unspecified atom stereocenters. The Morgan fingerprint density at radius 1 is 1.00 bits per heavy atom. The molecule has 8 nitrogen and oxygen atoms in total.